The van der Waals surface area contributed by atoms with E-state index in [9.17, 15) is 17.6 Å². The molecule has 1 rings (SSSR count). The number of hydrogen-bond acceptors (Lipinski definition) is 0. The molecule has 5 heteroatoms. The van der Waals surface area contributed by atoms with Crippen LogP contribution >= 0.6 is 11.6 Å². The molecular formula is C8H5ClF4. The summed E-state index contributed by atoms with van der Waals surface area (Å²) in [5.41, 5.74) is -0.157. The summed E-state index contributed by atoms with van der Waals surface area (Å²) in [7, 11) is 0. The van der Waals surface area contributed by atoms with E-state index in [0.717, 1.165) is 24.3 Å². The lowest BCUT2D eigenvalue weighted by Gasteiger charge is -2.13. The molecule has 0 radical (unpaired) electrons. The molecule has 0 aliphatic carbocycles. The van der Waals surface area contributed by atoms with Crippen LogP contribution in [-0.4, -0.2) is 6.18 Å². The van der Waals surface area contributed by atoms with E-state index in [-0.39, 0.29) is 5.56 Å². The Balaban J connectivity index is 2.90. The number of hydrogen-bond donors (Lipinski definition) is 0. The van der Waals surface area contributed by atoms with Crippen LogP contribution < -0.4 is 0 Å². The molecule has 72 valence electrons. The largest absolute Gasteiger partial charge is 0.408 e. The summed E-state index contributed by atoms with van der Waals surface area (Å²) in [6.07, 6.45) is -4.50. The molecule has 0 saturated heterocycles. The maximum Gasteiger partial charge on any atom is 0.408 e. The smallest absolute Gasteiger partial charge is 0.207 e. The average Bonchev–Trinajstić information content (AvgIpc) is 2.03. The Morgan fingerprint density at radius 3 is 1.92 bits per heavy atom. The SMILES string of the molecule is Fc1ccc([C@@H](Cl)C(F)(F)F)cc1. The van der Waals surface area contributed by atoms with E-state index < -0.39 is 17.4 Å². The third kappa shape index (κ3) is 2.59. The van der Waals surface area contributed by atoms with E-state index in [0.29, 0.717) is 0 Å². The molecule has 0 aromatic heterocycles. The van der Waals surface area contributed by atoms with Gasteiger partial charge in [-0.1, -0.05) is 12.1 Å². The van der Waals surface area contributed by atoms with Crippen LogP contribution in [0.1, 0.15) is 10.9 Å². The highest BCUT2D eigenvalue weighted by Crippen LogP contribution is 2.37. The van der Waals surface area contributed by atoms with Crippen LogP contribution in [0, 0.1) is 5.82 Å². The van der Waals surface area contributed by atoms with Gasteiger partial charge in [0, 0.05) is 0 Å². The lowest BCUT2D eigenvalue weighted by atomic mass is 10.1. The summed E-state index contributed by atoms with van der Waals surface area (Å²) in [5, 5.41) is -2.08. The molecule has 0 amide bonds. The zero-order valence-corrected chi connectivity index (χ0v) is 7.03. The molecule has 0 N–H and O–H groups in total. The van der Waals surface area contributed by atoms with E-state index in [1.54, 1.807) is 0 Å². The van der Waals surface area contributed by atoms with Crippen molar-refractivity contribution in [1.29, 1.82) is 0 Å². The lowest BCUT2D eigenvalue weighted by Crippen LogP contribution is -2.15. The normalized spacial score (nSPS) is 14.2. The van der Waals surface area contributed by atoms with Gasteiger partial charge in [0.1, 0.15) is 5.82 Å². The molecule has 0 unspecified atom stereocenters. The van der Waals surface area contributed by atoms with Gasteiger partial charge in [0.25, 0.3) is 0 Å². The van der Waals surface area contributed by atoms with E-state index >= 15 is 0 Å². The fourth-order valence-electron chi connectivity index (χ4n) is 0.821. The van der Waals surface area contributed by atoms with E-state index in [1.807, 2.05) is 0 Å². The number of benzene rings is 1. The van der Waals surface area contributed by atoms with E-state index in [2.05, 4.69) is 0 Å². The first-order valence-corrected chi connectivity index (χ1v) is 3.81. The van der Waals surface area contributed by atoms with Crippen molar-refractivity contribution < 1.29 is 17.6 Å². The Kier molecular flexibility index (Phi) is 2.81. The van der Waals surface area contributed by atoms with Gasteiger partial charge in [-0.15, -0.1) is 11.6 Å². The van der Waals surface area contributed by atoms with Gasteiger partial charge in [0.05, 0.1) is 0 Å². The molecule has 0 nitrogen and oxygen atoms in total. The predicted octanol–water partition coefficient (Wildman–Crippen LogP) is 3.67. The predicted molar refractivity (Wildman–Crippen MR) is 41.0 cm³/mol. The Morgan fingerprint density at radius 1 is 1.08 bits per heavy atom. The van der Waals surface area contributed by atoms with Gasteiger partial charge in [0.15, 0.2) is 5.38 Å². The van der Waals surface area contributed by atoms with Gasteiger partial charge in [-0.2, -0.15) is 13.2 Å². The average molecular weight is 213 g/mol. The van der Waals surface area contributed by atoms with Crippen LogP contribution in [0.15, 0.2) is 24.3 Å². The standard InChI is InChI=1S/C8H5ClF4/c9-7(8(11,12)13)5-1-3-6(10)4-2-5/h1-4,7H/t7-/m1/s1. The van der Waals surface area contributed by atoms with E-state index in [1.165, 1.54) is 0 Å². The Bertz CT molecular complexity index is 277. The van der Waals surface area contributed by atoms with Gasteiger partial charge >= 0.3 is 6.18 Å². The molecule has 0 spiro atoms. The molecule has 0 aliphatic rings. The monoisotopic (exact) mass is 212 g/mol. The molecule has 13 heavy (non-hydrogen) atoms. The molecule has 1 atom stereocenters. The van der Waals surface area contributed by atoms with Crippen molar-refractivity contribution in [3.05, 3.63) is 35.6 Å². The minimum Gasteiger partial charge on any atom is -0.207 e. The van der Waals surface area contributed by atoms with E-state index in [4.69, 9.17) is 11.6 Å². The van der Waals surface area contributed by atoms with Gasteiger partial charge in [-0.25, -0.2) is 4.39 Å². The van der Waals surface area contributed by atoms with Crippen molar-refractivity contribution in [3.8, 4) is 0 Å². The minimum atomic E-state index is -4.50. The Hall–Kier alpha value is -0.770. The van der Waals surface area contributed by atoms with Crippen LogP contribution in [0.4, 0.5) is 17.6 Å². The van der Waals surface area contributed by atoms with Gasteiger partial charge < -0.3 is 0 Å². The second kappa shape index (κ2) is 3.54. The maximum atomic E-state index is 12.3. The molecule has 1 aromatic carbocycles. The highest BCUT2D eigenvalue weighted by Gasteiger charge is 2.39. The summed E-state index contributed by atoms with van der Waals surface area (Å²) in [4.78, 5) is 0. The van der Waals surface area contributed by atoms with Crippen molar-refractivity contribution in [3.63, 3.8) is 0 Å². The molecule has 1 aromatic rings. The zero-order chi connectivity index (χ0) is 10.1. The first-order chi connectivity index (χ1) is 5.91. The maximum absolute atomic E-state index is 12.3. The Labute approximate surface area is 77.1 Å². The number of halogens is 5. The van der Waals surface area contributed by atoms with Crippen LogP contribution in [0.25, 0.3) is 0 Å². The second-order valence-corrected chi connectivity index (χ2v) is 2.89. The van der Waals surface area contributed by atoms with Crippen molar-refractivity contribution in [2.75, 3.05) is 0 Å². The zero-order valence-electron chi connectivity index (χ0n) is 6.28. The molecule has 0 bridgehead atoms. The highest BCUT2D eigenvalue weighted by molar-refractivity contribution is 6.21. The fraction of sp³-hybridized carbons (Fsp3) is 0.250. The van der Waals surface area contributed by atoms with Crippen molar-refractivity contribution in [2.45, 2.75) is 11.6 Å². The molecule has 0 heterocycles. The quantitative estimate of drug-likeness (QED) is 0.492. The number of rotatable bonds is 1. The number of alkyl halides is 4. The first kappa shape index (κ1) is 10.3. The van der Waals surface area contributed by atoms with Crippen LogP contribution in [0.5, 0.6) is 0 Å². The summed E-state index contributed by atoms with van der Waals surface area (Å²) in [6.45, 7) is 0. The second-order valence-electron chi connectivity index (χ2n) is 2.46. The molecule has 0 fully saturated rings. The third-order valence-corrected chi connectivity index (χ3v) is 1.95. The van der Waals surface area contributed by atoms with Crippen LogP contribution in [-0.2, 0) is 0 Å². The topological polar surface area (TPSA) is 0 Å². The van der Waals surface area contributed by atoms with Crippen molar-refractivity contribution in [1.82, 2.24) is 0 Å². The highest BCUT2D eigenvalue weighted by atomic mass is 35.5. The summed E-state index contributed by atoms with van der Waals surface area (Å²) >= 11 is 5.09. The van der Waals surface area contributed by atoms with Crippen LogP contribution in [0.2, 0.25) is 0 Å². The lowest BCUT2D eigenvalue weighted by molar-refractivity contribution is -0.131. The van der Waals surface area contributed by atoms with Crippen LogP contribution in [0.3, 0.4) is 0 Å². The fourth-order valence-corrected chi connectivity index (χ4v) is 0.966. The molecule has 0 saturated carbocycles. The third-order valence-electron chi connectivity index (χ3n) is 1.45. The summed E-state index contributed by atoms with van der Waals surface area (Å²) in [6, 6.07) is 3.91. The van der Waals surface area contributed by atoms with Gasteiger partial charge in [-0.05, 0) is 17.7 Å². The summed E-state index contributed by atoms with van der Waals surface area (Å²) < 4.78 is 48.4. The minimum absolute atomic E-state index is 0.157. The first-order valence-electron chi connectivity index (χ1n) is 3.37. The molecular weight excluding hydrogens is 208 g/mol. The van der Waals surface area contributed by atoms with Gasteiger partial charge in [0.2, 0.25) is 0 Å². The Morgan fingerprint density at radius 2 is 1.54 bits per heavy atom. The van der Waals surface area contributed by atoms with Crippen molar-refractivity contribution in [2.24, 2.45) is 0 Å². The van der Waals surface area contributed by atoms with Crippen molar-refractivity contribution >= 4 is 11.6 Å². The van der Waals surface area contributed by atoms with Gasteiger partial charge in [-0.3, -0.25) is 0 Å². The molecule has 0 aliphatic heterocycles. The summed E-state index contributed by atoms with van der Waals surface area (Å²) in [5.74, 6) is -0.588.